The molecular weight excluding hydrogens is 617 g/mol. The minimum atomic E-state index is -3.48. The molecule has 0 unspecified atom stereocenters. The van der Waals surface area contributed by atoms with E-state index in [4.69, 9.17) is 0 Å². The van der Waals surface area contributed by atoms with Crippen molar-refractivity contribution in [1.82, 2.24) is 0 Å². The molecule has 7 aromatic carbocycles. The van der Waals surface area contributed by atoms with Crippen LogP contribution in [0.25, 0.3) is 22.3 Å². The second-order valence-electron chi connectivity index (χ2n) is 11.6. The van der Waals surface area contributed by atoms with Gasteiger partial charge in [0.1, 0.15) is 0 Å². The first-order valence-electron chi connectivity index (χ1n) is 15.6. The third-order valence-corrected chi connectivity index (χ3v) is 19.4. The normalized spacial score (nSPS) is 12.9. The van der Waals surface area contributed by atoms with Crippen LogP contribution in [0.2, 0.25) is 0 Å². The Bertz CT molecular complexity index is 2060. The van der Waals surface area contributed by atoms with Gasteiger partial charge in [-0.25, -0.2) is 0 Å². The molecule has 0 fully saturated rings. The van der Waals surface area contributed by atoms with Gasteiger partial charge >= 0.3 is 274 Å². The van der Waals surface area contributed by atoms with Gasteiger partial charge in [0.05, 0.1) is 0 Å². The molecule has 3 heteroatoms. The molecule has 1 aliphatic rings. The summed E-state index contributed by atoms with van der Waals surface area (Å²) < 4.78 is 5.60. The van der Waals surface area contributed by atoms with Crippen LogP contribution in [0.3, 0.4) is 0 Å². The van der Waals surface area contributed by atoms with Gasteiger partial charge in [0, 0.05) is 0 Å². The van der Waals surface area contributed by atoms with Gasteiger partial charge in [0.25, 0.3) is 0 Å². The minimum absolute atomic E-state index is 0.681. The van der Waals surface area contributed by atoms with Crippen LogP contribution in [0.4, 0.5) is 17.1 Å². The van der Waals surface area contributed by atoms with Crippen molar-refractivity contribution in [2.24, 2.45) is 0 Å². The van der Waals surface area contributed by atoms with E-state index in [0.717, 1.165) is 27.9 Å². The predicted octanol–water partition coefficient (Wildman–Crippen LogP) is 8.05. The summed E-state index contributed by atoms with van der Waals surface area (Å²) in [6.45, 7) is 0. The van der Waals surface area contributed by atoms with Crippen molar-refractivity contribution in [3.8, 4) is 28.3 Å². The fraction of sp³-hybridized carbons (Fsp3) is 0. The van der Waals surface area contributed by atoms with Crippen LogP contribution in [-0.4, -0.2) is 13.3 Å². The molecule has 0 aliphatic carbocycles. The molecule has 0 saturated carbocycles. The molecule has 0 amide bonds. The zero-order valence-corrected chi connectivity index (χ0v) is 27.3. The van der Waals surface area contributed by atoms with E-state index in [-0.39, 0.29) is 0 Å². The van der Waals surface area contributed by atoms with Crippen molar-refractivity contribution in [2.45, 2.75) is 0 Å². The molecule has 0 radical (unpaired) electrons. The Balaban J connectivity index is 1.48. The molecule has 0 N–H and O–H groups in total. The summed E-state index contributed by atoms with van der Waals surface area (Å²) in [4.78, 5) is 2.43. The first-order chi connectivity index (χ1) is 22.8. The quantitative estimate of drug-likeness (QED) is 0.177. The van der Waals surface area contributed by atoms with E-state index in [1.807, 2.05) is 36.4 Å². The van der Waals surface area contributed by atoms with E-state index < -0.39 is 13.3 Å². The average Bonchev–Trinajstić information content (AvgIpc) is 3.14. The number of benzene rings is 7. The third kappa shape index (κ3) is 4.40. The van der Waals surface area contributed by atoms with Crippen molar-refractivity contribution >= 4 is 47.9 Å². The summed E-state index contributed by atoms with van der Waals surface area (Å²) >= 11 is -3.48. The van der Waals surface area contributed by atoms with Crippen molar-refractivity contribution < 1.29 is 0 Å². The molecular formula is C43H30GeN2. The van der Waals surface area contributed by atoms with Crippen molar-refractivity contribution in [3.63, 3.8) is 0 Å². The number of nitriles is 1. The Labute approximate surface area is 272 Å². The summed E-state index contributed by atoms with van der Waals surface area (Å²) in [5.41, 5.74) is 8.01. The Morgan fingerprint density at radius 3 is 1.22 bits per heavy atom. The summed E-state index contributed by atoms with van der Waals surface area (Å²) in [6, 6.07) is 67.8. The first-order valence-corrected chi connectivity index (χ1v) is 19.8. The van der Waals surface area contributed by atoms with Crippen molar-refractivity contribution in [1.29, 1.82) is 5.26 Å². The maximum absolute atomic E-state index is 10.6. The number of rotatable bonds is 5. The summed E-state index contributed by atoms with van der Waals surface area (Å²) in [5, 5.41) is 10.6. The Kier molecular flexibility index (Phi) is 7.10. The molecule has 46 heavy (non-hydrogen) atoms. The second-order valence-corrected chi connectivity index (χ2v) is 19.4. The van der Waals surface area contributed by atoms with E-state index in [2.05, 4.69) is 157 Å². The van der Waals surface area contributed by atoms with Crippen molar-refractivity contribution in [2.75, 3.05) is 4.90 Å². The number of anilines is 3. The van der Waals surface area contributed by atoms with Gasteiger partial charge in [-0.1, -0.05) is 0 Å². The SMILES string of the molecule is N#Cc1c(-c2ccccc2)cc(N2c3cccc[c]3[Ge]([c]3ccccc3)([c]3ccccc3)[c]3ccccc32)cc1-c1ccccc1. The topological polar surface area (TPSA) is 27.0 Å². The van der Waals surface area contributed by atoms with Gasteiger partial charge in [0.15, 0.2) is 0 Å². The zero-order valence-electron chi connectivity index (χ0n) is 25.2. The third-order valence-electron chi connectivity index (χ3n) is 9.17. The monoisotopic (exact) mass is 648 g/mol. The molecule has 216 valence electrons. The number of hydrogen-bond acceptors (Lipinski definition) is 2. The molecule has 7 aromatic rings. The van der Waals surface area contributed by atoms with Crippen LogP contribution in [0.15, 0.2) is 182 Å². The standard InChI is InChI=1S/C43H30GeN2/c45-31-39-37(32-17-5-1-6-18-32)29-36(30-38(39)33-19-7-2-8-20-33)46-42-27-15-13-25-40(42)44(34-21-9-3-10-22-34,35-23-11-4-12-24-35)41-26-14-16-28-43(41)46/h1-30H. The predicted molar refractivity (Wildman–Crippen MR) is 194 cm³/mol. The molecule has 0 bridgehead atoms. The van der Waals surface area contributed by atoms with E-state index in [0.29, 0.717) is 5.56 Å². The number of para-hydroxylation sites is 2. The number of fused-ring (bicyclic) bond motifs is 2. The molecule has 1 heterocycles. The maximum atomic E-state index is 10.6. The van der Waals surface area contributed by atoms with Gasteiger partial charge in [-0.05, 0) is 0 Å². The molecule has 0 spiro atoms. The number of nitrogens with zero attached hydrogens (tertiary/aromatic N) is 2. The molecule has 0 saturated heterocycles. The van der Waals surface area contributed by atoms with Gasteiger partial charge in [-0.2, -0.15) is 0 Å². The van der Waals surface area contributed by atoms with Crippen molar-refractivity contribution in [3.05, 3.63) is 188 Å². The van der Waals surface area contributed by atoms with Gasteiger partial charge in [-0.3, -0.25) is 0 Å². The van der Waals surface area contributed by atoms with E-state index >= 15 is 0 Å². The van der Waals surface area contributed by atoms with Gasteiger partial charge in [0.2, 0.25) is 0 Å². The van der Waals surface area contributed by atoms with Gasteiger partial charge in [-0.15, -0.1) is 0 Å². The molecule has 0 atom stereocenters. The fourth-order valence-corrected chi connectivity index (χ4v) is 18.0. The summed E-state index contributed by atoms with van der Waals surface area (Å²) in [6.07, 6.45) is 0. The van der Waals surface area contributed by atoms with Crippen LogP contribution >= 0.6 is 0 Å². The van der Waals surface area contributed by atoms with E-state index in [9.17, 15) is 5.26 Å². The Hall–Kier alpha value is -5.63. The van der Waals surface area contributed by atoms with Gasteiger partial charge < -0.3 is 0 Å². The summed E-state index contributed by atoms with van der Waals surface area (Å²) in [7, 11) is 0. The van der Waals surface area contributed by atoms with Crippen LogP contribution in [0.1, 0.15) is 5.56 Å². The Morgan fingerprint density at radius 1 is 0.435 bits per heavy atom. The first kappa shape index (κ1) is 27.9. The number of hydrogen-bond donors (Lipinski definition) is 0. The molecule has 1 aliphatic heterocycles. The van der Waals surface area contributed by atoms with E-state index in [1.165, 1.54) is 29.0 Å². The second kappa shape index (κ2) is 11.7. The zero-order chi connectivity index (χ0) is 30.9. The van der Waals surface area contributed by atoms with Crippen LogP contribution in [0, 0.1) is 11.3 Å². The Morgan fingerprint density at radius 2 is 0.804 bits per heavy atom. The van der Waals surface area contributed by atoms with Crippen LogP contribution in [-0.2, 0) is 0 Å². The fourth-order valence-electron chi connectivity index (χ4n) is 7.26. The molecule has 0 aromatic heterocycles. The van der Waals surface area contributed by atoms with Crippen LogP contribution in [0.5, 0.6) is 0 Å². The molecule has 2 nitrogen and oxygen atoms in total. The molecule has 8 rings (SSSR count). The van der Waals surface area contributed by atoms with E-state index in [1.54, 1.807) is 0 Å². The average molecular weight is 647 g/mol. The summed E-state index contributed by atoms with van der Waals surface area (Å²) in [5.74, 6) is 0. The van der Waals surface area contributed by atoms with Crippen LogP contribution < -0.4 is 22.5 Å².